The van der Waals surface area contributed by atoms with E-state index in [9.17, 15) is 4.79 Å². The van der Waals surface area contributed by atoms with Crippen LogP contribution in [0.15, 0.2) is 46.9 Å². The van der Waals surface area contributed by atoms with Crippen molar-refractivity contribution in [3.05, 3.63) is 64.4 Å². The molecule has 0 radical (unpaired) electrons. The molecule has 1 aromatic heterocycles. The molecule has 0 aliphatic heterocycles. The molecule has 6 heteroatoms. The molecule has 3 rings (SSSR count). The highest BCUT2D eigenvalue weighted by Crippen LogP contribution is 2.34. The molecule has 0 aliphatic rings. The van der Waals surface area contributed by atoms with E-state index < -0.39 is 0 Å². The molecule has 0 spiro atoms. The maximum Gasteiger partial charge on any atom is 0.197 e. The van der Waals surface area contributed by atoms with E-state index in [1.165, 1.54) is 0 Å². The van der Waals surface area contributed by atoms with E-state index in [0.717, 1.165) is 23.9 Å². The Kier molecular flexibility index (Phi) is 8.58. The minimum Gasteiger partial charge on any atom is -0.492 e. The van der Waals surface area contributed by atoms with Crippen molar-refractivity contribution >= 4 is 40.8 Å². The van der Waals surface area contributed by atoms with Gasteiger partial charge in [-0.15, -0.1) is 12.4 Å². The molecular weight excluding hydrogens is 433 g/mol. The van der Waals surface area contributed by atoms with Gasteiger partial charge in [0.15, 0.2) is 5.78 Å². The third kappa shape index (κ3) is 6.25. The van der Waals surface area contributed by atoms with Crippen LogP contribution in [0.2, 0.25) is 5.02 Å². The van der Waals surface area contributed by atoms with E-state index in [0.29, 0.717) is 34.3 Å². The summed E-state index contributed by atoms with van der Waals surface area (Å²) in [5, 5.41) is 4.69. The SMILES string of the molecule is CC(C)c1oc2ccccc2c1C(=O)c1ccc(OCCCNC(C)(C)C)c(Cl)c1.Cl. The van der Waals surface area contributed by atoms with Crippen LogP contribution in [0, 0.1) is 0 Å². The van der Waals surface area contributed by atoms with Gasteiger partial charge in [-0.25, -0.2) is 0 Å². The molecule has 0 amide bonds. The van der Waals surface area contributed by atoms with Crippen LogP contribution in [0.5, 0.6) is 5.75 Å². The summed E-state index contributed by atoms with van der Waals surface area (Å²) in [6, 6.07) is 12.8. The van der Waals surface area contributed by atoms with Crippen molar-refractivity contribution in [2.45, 2.75) is 52.5 Å². The maximum absolute atomic E-state index is 13.3. The number of ether oxygens (including phenoxy) is 1. The van der Waals surface area contributed by atoms with Gasteiger partial charge in [-0.05, 0) is 58.0 Å². The van der Waals surface area contributed by atoms with E-state index >= 15 is 0 Å². The van der Waals surface area contributed by atoms with E-state index in [1.54, 1.807) is 18.2 Å². The number of halogens is 2. The fourth-order valence-corrected chi connectivity index (χ4v) is 3.56. The topological polar surface area (TPSA) is 51.5 Å². The van der Waals surface area contributed by atoms with Crippen LogP contribution in [-0.4, -0.2) is 24.5 Å². The number of hydrogen-bond acceptors (Lipinski definition) is 4. The van der Waals surface area contributed by atoms with E-state index in [-0.39, 0.29) is 29.6 Å². The normalized spacial score (nSPS) is 11.6. The van der Waals surface area contributed by atoms with Gasteiger partial charge >= 0.3 is 0 Å². The fraction of sp³-hybridized carbons (Fsp3) is 0.400. The van der Waals surface area contributed by atoms with Crippen LogP contribution in [-0.2, 0) is 0 Å². The second-order valence-corrected chi connectivity index (χ2v) is 9.25. The number of ketones is 1. The first-order valence-corrected chi connectivity index (χ1v) is 10.8. The second-order valence-electron chi connectivity index (χ2n) is 8.85. The Labute approximate surface area is 195 Å². The Morgan fingerprint density at radius 3 is 2.52 bits per heavy atom. The van der Waals surface area contributed by atoms with Crippen molar-refractivity contribution < 1.29 is 13.9 Å². The number of furan rings is 1. The minimum absolute atomic E-state index is 0. The number of fused-ring (bicyclic) bond motifs is 1. The monoisotopic (exact) mass is 463 g/mol. The Morgan fingerprint density at radius 2 is 1.87 bits per heavy atom. The first-order chi connectivity index (χ1) is 14.2. The first kappa shape index (κ1) is 25.3. The molecule has 31 heavy (non-hydrogen) atoms. The van der Waals surface area contributed by atoms with E-state index in [4.69, 9.17) is 20.8 Å². The van der Waals surface area contributed by atoms with E-state index in [1.807, 2.05) is 38.1 Å². The molecule has 0 aliphatic carbocycles. The number of carbonyl (C=O) groups is 1. The Morgan fingerprint density at radius 1 is 1.16 bits per heavy atom. The lowest BCUT2D eigenvalue weighted by molar-refractivity contribution is 0.103. The summed E-state index contributed by atoms with van der Waals surface area (Å²) in [5.41, 5.74) is 1.94. The van der Waals surface area contributed by atoms with Crippen molar-refractivity contribution in [2.75, 3.05) is 13.2 Å². The predicted octanol–water partition coefficient (Wildman–Crippen LogP) is 7.02. The van der Waals surface area contributed by atoms with Gasteiger partial charge in [0, 0.05) is 22.4 Å². The smallest absolute Gasteiger partial charge is 0.197 e. The van der Waals surface area contributed by atoms with Gasteiger partial charge < -0.3 is 14.5 Å². The van der Waals surface area contributed by atoms with Gasteiger partial charge in [0.05, 0.1) is 17.2 Å². The molecule has 0 bridgehead atoms. The predicted molar refractivity (Wildman–Crippen MR) is 130 cm³/mol. The van der Waals surface area contributed by atoms with Crippen molar-refractivity contribution in [1.82, 2.24) is 5.32 Å². The zero-order valence-electron chi connectivity index (χ0n) is 18.8. The summed E-state index contributed by atoms with van der Waals surface area (Å²) in [6.45, 7) is 11.9. The highest BCUT2D eigenvalue weighted by Gasteiger charge is 2.24. The molecule has 4 nitrogen and oxygen atoms in total. The third-order valence-corrected chi connectivity index (χ3v) is 5.10. The summed E-state index contributed by atoms with van der Waals surface area (Å²) in [6.07, 6.45) is 0.868. The standard InChI is InChI=1S/C25H30ClNO3.ClH/c1-16(2)24-22(18-9-6-7-10-20(18)30-24)23(28)17-11-12-21(19(26)15-17)29-14-8-13-27-25(3,4)5;/h6-7,9-12,15-16,27H,8,13-14H2,1-5H3;1H. The lowest BCUT2D eigenvalue weighted by atomic mass is 9.96. The average molecular weight is 464 g/mol. The summed E-state index contributed by atoms with van der Waals surface area (Å²) >= 11 is 6.42. The lowest BCUT2D eigenvalue weighted by Crippen LogP contribution is -2.36. The summed E-state index contributed by atoms with van der Waals surface area (Å²) < 4.78 is 11.8. The number of rotatable bonds is 8. The van der Waals surface area contributed by atoms with Gasteiger partial charge in [0.25, 0.3) is 0 Å². The molecule has 0 atom stereocenters. The molecule has 1 heterocycles. The van der Waals surface area contributed by atoms with Gasteiger partial charge in [-0.3, -0.25) is 4.79 Å². The Bertz CT molecular complexity index is 1030. The highest BCUT2D eigenvalue weighted by molar-refractivity contribution is 6.32. The zero-order valence-corrected chi connectivity index (χ0v) is 20.3. The Balaban J connectivity index is 0.00000341. The first-order valence-electron chi connectivity index (χ1n) is 10.4. The maximum atomic E-state index is 13.3. The number of hydrogen-bond donors (Lipinski definition) is 1. The van der Waals surface area contributed by atoms with Crippen molar-refractivity contribution in [3.63, 3.8) is 0 Å². The van der Waals surface area contributed by atoms with Gasteiger partial charge in [-0.1, -0.05) is 43.6 Å². The molecular formula is C25H31Cl2NO3. The largest absolute Gasteiger partial charge is 0.492 e. The number of nitrogens with one attached hydrogen (secondary N) is 1. The van der Waals surface area contributed by atoms with Gasteiger partial charge in [0.2, 0.25) is 0 Å². The van der Waals surface area contributed by atoms with Gasteiger partial charge in [-0.2, -0.15) is 0 Å². The van der Waals surface area contributed by atoms with Crippen LogP contribution in [0.4, 0.5) is 0 Å². The number of benzene rings is 2. The van der Waals surface area contributed by atoms with Crippen LogP contribution in [0.25, 0.3) is 11.0 Å². The summed E-state index contributed by atoms with van der Waals surface area (Å²) in [7, 11) is 0. The summed E-state index contributed by atoms with van der Waals surface area (Å²) in [5.74, 6) is 1.29. The molecule has 0 saturated heterocycles. The van der Waals surface area contributed by atoms with Crippen molar-refractivity contribution in [2.24, 2.45) is 0 Å². The Hall–Kier alpha value is -2.01. The molecule has 3 aromatic rings. The van der Waals surface area contributed by atoms with E-state index in [2.05, 4.69) is 26.1 Å². The second kappa shape index (κ2) is 10.5. The van der Waals surface area contributed by atoms with Crippen molar-refractivity contribution in [3.8, 4) is 5.75 Å². The highest BCUT2D eigenvalue weighted by atomic mass is 35.5. The summed E-state index contributed by atoms with van der Waals surface area (Å²) in [4.78, 5) is 13.3. The molecule has 0 unspecified atom stereocenters. The van der Waals surface area contributed by atoms with Crippen LogP contribution >= 0.6 is 24.0 Å². The zero-order chi connectivity index (χ0) is 21.9. The molecule has 0 fully saturated rings. The lowest BCUT2D eigenvalue weighted by Gasteiger charge is -2.20. The fourth-order valence-electron chi connectivity index (χ4n) is 3.33. The van der Waals surface area contributed by atoms with Crippen LogP contribution in [0.1, 0.15) is 68.6 Å². The van der Waals surface area contributed by atoms with Crippen LogP contribution in [0.3, 0.4) is 0 Å². The van der Waals surface area contributed by atoms with Crippen molar-refractivity contribution in [1.29, 1.82) is 0 Å². The molecule has 168 valence electrons. The molecule has 0 saturated carbocycles. The number of para-hydroxylation sites is 1. The van der Waals surface area contributed by atoms with Crippen LogP contribution < -0.4 is 10.1 Å². The minimum atomic E-state index is -0.0912. The molecule has 2 aromatic carbocycles. The average Bonchev–Trinajstić information content (AvgIpc) is 3.07. The molecule has 1 N–H and O–H groups in total. The van der Waals surface area contributed by atoms with Gasteiger partial charge in [0.1, 0.15) is 17.1 Å². The third-order valence-electron chi connectivity index (χ3n) is 4.80. The number of carbonyl (C=O) groups excluding carboxylic acids is 1. The quantitative estimate of drug-likeness (QED) is 0.288.